The van der Waals surface area contributed by atoms with Crippen LogP contribution in [-0.2, 0) is 11.2 Å². The van der Waals surface area contributed by atoms with Crippen LogP contribution in [0.15, 0.2) is 40.9 Å². The number of nitrogens with zero attached hydrogens (tertiary/aromatic N) is 2. The predicted molar refractivity (Wildman–Crippen MR) is 95.4 cm³/mol. The average molecular weight is 329 g/mol. The molecule has 0 saturated heterocycles. The summed E-state index contributed by atoms with van der Waals surface area (Å²) < 4.78 is 5.39. The molecule has 0 fully saturated rings. The van der Waals surface area contributed by atoms with E-state index in [4.69, 9.17) is 10.3 Å². The first-order chi connectivity index (χ1) is 11.4. The number of nitrogens with two attached hydrogens (primary N) is 1. The number of carbonyl (C=O) groups excluding carboxylic acids is 1. The average Bonchev–Trinajstić information content (AvgIpc) is 3.03. The molecule has 130 valence electrons. The van der Waals surface area contributed by atoms with E-state index >= 15 is 0 Å². The van der Waals surface area contributed by atoms with E-state index in [2.05, 4.69) is 5.16 Å². The molecule has 5 heteroatoms. The van der Waals surface area contributed by atoms with Crippen molar-refractivity contribution in [3.63, 3.8) is 0 Å². The maximum absolute atomic E-state index is 12.4. The van der Waals surface area contributed by atoms with Gasteiger partial charge < -0.3 is 15.2 Å². The van der Waals surface area contributed by atoms with E-state index in [1.165, 1.54) is 0 Å². The normalized spacial score (nSPS) is 13.5. The lowest BCUT2D eigenvalue weighted by Gasteiger charge is -2.28. The fraction of sp³-hybridized carbons (Fsp3) is 0.474. The van der Waals surface area contributed by atoms with Crippen LogP contribution in [-0.4, -0.2) is 35.1 Å². The molecule has 1 aromatic carbocycles. The molecule has 2 aromatic rings. The maximum atomic E-state index is 12.4. The highest BCUT2D eigenvalue weighted by molar-refractivity contribution is 5.85. The van der Waals surface area contributed by atoms with Crippen molar-refractivity contribution in [3.05, 3.63) is 42.2 Å². The van der Waals surface area contributed by atoms with Crippen LogP contribution < -0.4 is 5.73 Å². The standard InChI is InChI=1S/C19H27N3O2/c1-4-12-19(2,20)18(23)22(3)13-8-11-16-14-17(21-24-16)15-9-6-5-7-10-15/h5-7,9-10,14H,4,8,11-13,20H2,1-3H3. The van der Waals surface area contributed by atoms with Gasteiger partial charge in [0.05, 0.1) is 5.54 Å². The van der Waals surface area contributed by atoms with Gasteiger partial charge >= 0.3 is 0 Å². The fourth-order valence-corrected chi connectivity index (χ4v) is 2.83. The van der Waals surface area contributed by atoms with Crippen molar-refractivity contribution in [2.24, 2.45) is 5.73 Å². The summed E-state index contributed by atoms with van der Waals surface area (Å²) in [5, 5.41) is 4.11. The Morgan fingerprint density at radius 3 is 2.71 bits per heavy atom. The number of hydrogen-bond acceptors (Lipinski definition) is 4. The minimum absolute atomic E-state index is 0.00751. The van der Waals surface area contributed by atoms with Gasteiger partial charge in [-0.2, -0.15) is 0 Å². The van der Waals surface area contributed by atoms with E-state index in [0.717, 1.165) is 36.3 Å². The molecule has 1 amide bonds. The lowest BCUT2D eigenvalue weighted by Crippen LogP contribution is -2.52. The zero-order valence-electron chi connectivity index (χ0n) is 14.8. The van der Waals surface area contributed by atoms with Crippen molar-refractivity contribution in [3.8, 4) is 11.3 Å². The number of rotatable bonds is 8. The first-order valence-corrected chi connectivity index (χ1v) is 8.49. The molecule has 2 rings (SSSR count). The van der Waals surface area contributed by atoms with Crippen LogP contribution in [0.5, 0.6) is 0 Å². The van der Waals surface area contributed by atoms with Gasteiger partial charge in [0.1, 0.15) is 11.5 Å². The second-order valence-corrected chi connectivity index (χ2v) is 6.54. The van der Waals surface area contributed by atoms with Crippen LogP contribution in [0, 0.1) is 0 Å². The number of carbonyl (C=O) groups is 1. The highest BCUT2D eigenvalue weighted by Crippen LogP contribution is 2.19. The smallest absolute Gasteiger partial charge is 0.242 e. The maximum Gasteiger partial charge on any atom is 0.242 e. The second-order valence-electron chi connectivity index (χ2n) is 6.54. The monoisotopic (exact) mass is 329 g/mol. The molecular weight excluding hydrogens is 302 g/mol. The lowest BCUT2D eigenvalue weighted by molar-refractivity contribution is -0.135. The van der Waals surface area contributed by atoms with Gasteiger partial charge in [-0.25, -0.2) is 0 Å². The van der Waals surface area contributed by atoms with Crippen LogP contribution in [0.3, 0.4) is 0 Å². The van der Waals surface area contributed by atoms with Gasteiger partial charge in [-0.15, -0.1) is 0 Å². The van der Waals surface area contributed by atoms with Gasteiger partial charge in [0, 0.05) is 31.6 Å². The third-order valence-corrected chi connectivity index (χ3v) is 4.15. The molecular formula is C19H27N3O2. The van der Waals surface area contributed by atoms with Gasteiger partial charge in [0.15, 0.2) is 0 Å². The van der Waals surface area contributed by atoms with Gasteiger partial charge in [0.25, 0.3) is 0 Å². The zero-order chi connectivity index (χ0) is 17.6. The number of amides is 1. The van der Waals surface area contributed by atoms with Gasteiger partial charge in [-0.3, -0.25) is 4.79 Å². The van der Waals surface area contributed by atoms with E-state index in [1.807, 2.05) is 43.3 Å². The molecule has 1 aromatic heterocycles. The number of hydrogen-bond donors (Lipinski definition) is 1. The van der Waals surface area contributed by atoms with Gasteiger partial charge in [0.2, 0.25) is 5.91 Å². The Balaban J connectivity index is 1.84. The van der Waals surface area contributed by atoms with Crippen molar-refractivity contribution in [1.29, 1.82) is 0 Å². The van der Waals surface area contributed by atoms with Crippen molar-refractivity contribution >= 4 is 5.91 Å². The number of benzene rings is 1. The molecule has 1 atom stereocenters. The second kappa shape index (κ2) is 8.11. The van der Waals surface area contributed by atoms with Crippen molar-refractivity contribution in [1.82, 2.24) is 10.1 Å². The molecule has 1 unspecified atom stereocenters. The van der Waals surface area contributed by atoms with Gasteiger partial charge in [-0.05, 0) is 19.8 Å². The summed E-state index contributed by atoms with van der Waals surface area (Å²) in [4.78, 5) is 14.1. The summed E-state index contributed by atoms with van der Waals surface area (Å²) in [5.74, 6) is 0.825. The summed E-state index contributed by atoms with van der Waals surface area (Å²) in [6.07, 6.45) is 3.14. The Hall–Kier alpha value is -2.14. The topological polar surface area (TPSA) is 72.4 Å². The Labute approximate surface area is 143 Å². The number of likely N-dealkylation sites (N-methyl/N-ethyl adjacent to an activating group) is 1. The molecule has 0 aliphatic rings. The number of aromatic nitrogens is 1. The predicted octanol–water partition coefficient (Wildman–Crippen LogP) is 3.25. The minimum atomic E-state index is -0.782. The highest BCUT2D eigenvalue weighted by atomic mass is 16.5. The number of aryl methyl sites for hydroxylation is 1. The fourth-order valence-electron chi connectivity index (χ4n) is 2.83. The van der Waals surface area contributed by atoms with Crippen molar-refractivity contribution in [2.75, 3.05) is 13.6 Å². The Morgan fingerprint density at radius 1 is 1.33 bits per heavy atom. The minimum Gasteiger partial charge on any atom is -0.361 e. The molecule has 0 saturated carbocycles. The summed E-state index contributed by atoms with van der Waals surface area (Å²) >= 11 is 0. The SMILES string of the molecule is CCCC(C)(N)C(=O)N(C)CCCc1cc(-c2ccccc2)no1. The Morgan fingerprint density at radius 2 is 2.04 bits per heavy atom. The molecule has 0 bridgehead atoms. The van der Waals surface area contributed by atoms with Crippen molar-refractivity contribution < 1.29 is 9.32 Å². The molecule has 0 radical (unpaired) electrons. The van der Waals surface area contributed by atoms with E-state index in [0.29, 0.717) is 13.0 Å². The van der Waals surface area contributed by atoms with E-state index in [9.17, 15) is 4.79 Å². The summed E-state index contributed by atoms with van der Waals surface area (Å²) in [7, 11) is 1.80. The van der Waals surface area contributed by atoms with Crippen LogP contribution in [0.4, 0.5) is 0 Å². The van der Waals surface area contributed by atoms with E-state index in [1.54, 1.807) is 18.9 Å². The van der Waals surface area contributed by atoms with Crippen LogP contribution in [0.2, 0.25) is 0 Å². The quantitative estimate of drug-likeness (QED) is 0.807. The van der Waals surface area contributed by atoms with Crippen LogP contribution in [0.1, 0.15) is 38.9 Å². The first-order valence-electron chi connectivity index (χ1n) is 8.49. The molecule has 24 heavy (non-hydrogen) atoms. The van der Waals surface area contributed by atoms with Crippen molar-refractivity contribution in [2.45, 2.75) is 45.1 Å². The Bertz CT molecular complexity index is 650. The molecule has 1 heterocycles. The zero-order valence-corrected chi connectivity index (χ0v) is 14.8. The first kappa shape index (κ1) is 18.2. The van der Waals surface area contributed by atoms with Crippen LogP contribution in [0.25, 0.3) is 11.3 Å². The van der Waals surface area contributed by atoms with E-state index in [-0.39, 0.29) is 5.91 Å². The van der Waals surface area contributed by atoms with Crippen LogP contribution >= 0.6 is 0 Å². The summed E-state index contributed by atoms with van der Waals surface area (Å²) in [6.45, 7) is 4.49. The molecule has 0 spiro atoms. The summed E-state index contributed by atoms with van der Waals surface area (Å²) in [5.41, 5.74) is 7.20. The Kier molecular flexibility index (Phi) is 6.15. The molecule has 0 aliphatic carbocycles. The van der Waals surface area contributed by atoms with E-state index < -0.39 is 5.54 Å². The largest absolute Gasteiger partial charge is 0.361 e. The third kappa shape index (κ3) is 4.68. The molecule has 5 nitrogen and oxygen atoms in total. The third-order valence-electron chi connectivity index (χ3n) is 4.15. The summed E-state index contributed by atoms with van der Waals surface area (Å²) in [6, 6.07) is 11.9. The van der Waals surface area contributed by atoms with Gasteiger partial charge in [-0.1, -0.05) is 48.8 Å². The lowest BCUT2D eigenvalue weighted by atomic mass is 9.96. The highest BCUT2D eigenvalue weighted by Gasteiger charge is 2.29. The molecule has 0 aliphatic heterocycles. The molecule has 2 N–H and O–H groups in total.